The molecule has 17 heavy (non-hydrogen) atoms. The first-order chi connectivity index (χ1) is 8.24. The van der Waals surface area contributed by atoms with Crippen LogP contribution in [0.4, 0.5) is 0 Å². The van der Waals surface area contributed by atoms with E-state index >= 15 is 0 Å². The second-order valence-electron chi connectivity index (χ2n) is 3.37. The highest BCUT2D eigenvalue weighted by atomic mass is 32.1. The predicted octanol–water partition coefficient (Wildman–Crippen LogP) is 2.82. The molecule has 0 aliphatic heterocycles. The van der Waals surface area contributed by atoms with E-state index in [1.807, 2.05) is 18.2 Å². The fourth-order valence-corrected chi connectivity index (χ4v) is 1.71. The predicted molar refractivity (Wildman–Crippen MR) is 68.0 cm³/mol. The smallest absolute Gasteiger partial charge is 0.161 e. The molecule has 0 bridgehead atoms. The van der Waals surface area contributed by atoms with Crippen molar-refractivity contribution in [1.29, 1.82) is 0 Å². The van der Waals surface area contributed by atoms with Gasteiger partial charge in [-0.3, -0.25) is 0 Å². The van der Waals surface area contributed by atoms with E-state index in [1.165, 1.54) is 0 Å². The monoisotopic (exact) mass is 248 g/mol. The van der Waals surface area contributed by atoms with Gasteiger partial charge in [0, 0.05) is 11.3 Å². The zero-order chi connectivity index (χ0) is 12.3. The van der Waals surface area contributed by atoms with Crippen LogP contribution in [0.2, 0.25) is 0 Å². The largest absolute Gasteiger partial charge is 0.493 e. The van der Waals surface area contributed by atoms with Gasteiger partial charge in [0.25, 0.3) is 0 Å². The molecule has 2 rings (SSSR count). The Hall–Kier alpha value is -1.88. The topological polar surface area (TPSA) is 47.1 Å². The van der Waals surface area contributed by atoms with Crippen molar-refractivity contribution in [3.8, 4) is 22.8 Å². The van der Waals surface area contributed by atoms with E-state index in [0.29, 0.717) is 16.1 Å². The molecule has 0 saturated carbocycles. The normalized spacial score (nSPS) is 10.0. The molecule has 0 aliphatic rings. The van der Waals surface area contributed by atoms with Gasteiger partial charge in [-0.05, 0) is 24.3 Å². The summed E-state index contributed by atoms with van der Waals surface area (Å²) in [6, 6.07) is 7.48. The van der Waals surface area contributed by atoms with Crippen LogP contribution in [0.1, 0.15) is 0 Å². The molecule has 1 aromatic heterocycles. The zero-order valence-corrected chi connectivity index (χ0v) is 10.4. The molecule has 88 valence electrons. The van der Waals surface area contributed by atoms with Crippen LogP contribution < -0.4 is 9.47 Å². The zero-order valence-electron chi connectivity index (χ0n) is 9.56. The molecule has 4 nitrogen and oxygen atoms in total. The van der Waals surface area contributed by atoms with Crippen molar-refractivity contribution >= 4 is 12.2 Å². The number of hydrogen-bond acceptors (Lipinski definition) is 4. The van der Waals surface area contributed by atoms with Crippen molar-refractivity contribution in [3.05, 3.63) is 35.2 Å². The number of nitrogens with one attached hydrogen (secondary N) is 1. The van der Waals surface area contributed by atoms with Gasteiger partial charge in [0.2, 0.25) is 0 Å². The minimum absolute atomic E-state index is 0.550. The maximum atomic E-state index is 5.25. The number of aromatic amines is 1. The van der Waals surface area contributed by atoms with Crippen LogP contribution in [0.5, 0.6) is 11.5 Å². The molecule has 0 aliphatic carbocycles. The second kappa shape index (κ2) is 4.97. The SMILES string of the molecule is COc1ccc(-c2cc(=S)nc[nH]2)cc1OC. The summed E-state index contributed by atoms with van der Waals surface area (Å²) in [6.45, 7) is 0. The molecule has 0 amide bonds. The Morgan fingerprint density at radius 1 is 1.12 bits per heavy atom. The molecule has 0 unspecified atom stereocenters. The summed E-state index contributed by atoms with van der Waals surface area (Å²) in [5.41, 5.74) is 1.86. The first-order valence-electron chi connectivity index (χ1n) is 5.01. The minimum atomic E-state index is 0.550. The third-order valence-corrected chi connectivity index (χ3v) is 2.60. The van der Waals surface area contributed by atoms with Crippen molar-refractivity contribution in [2.75, 3.05) is 14.2 Å². The summed E-state index contributed by atoms with van der Waals surface area (Å²) >= 11 is 5.02. The summed E-state index contributed by atoms with van der Waals surface area (Å²) in [4.78, 5) is 6.99. The van der Waals surface area contributed by atoms with Gasteiger partial charge < -0.3 is 14.5 Å². The van der Waals surface area contributed by atoms with E-state index in [2.05, 4.69) is 9.97 Å². The van der Waals surface area contributed by atoms with Gasteiger partial charge in [-0.1, -0.05) is 12.2 Å². The molecule has 2 aromatic rings. The number of rotatable bonds is 3. The van der Waals surface area contributed by atoms with Crippen LogP contribution in [0.3, 0.4) is 0 Å². The lowest BCUT2D eigenvalue weighted by molar-refractivity contribution is 0.355. The van der Waals surface area contributed by atoms with Gasteiger partial charge in [0.05, 0.1) is 20.5 Å². The minimum Gasteiger partial charge on any atom is -0.493 e. The Labute approximate surface area is 104 Å². The third-order valence-electron chi connectivity index (χ3n) is 2.37. The van der Waals surface area contributed by atoms with E-state index in [9.17, 15) is 0 Å². The number of nitrogens with zero attached hydrogens (tertiary/aromatic N) is 1. The molecule has 0 atom stereocenters. The summed E-state index contributed by atoms with van der Waals surface area (Å²) in [5.74, 6) is 1.38. The highest BCUT2D eigenvalue weighted by Crippen LogP contribution is 2.31. The molecule has 0 saturated heterocycles. The lowest BCUT2D eigenvalue weighted by Crippen LogP contribution is -1.92. The van der Waals surface area contributed by atoms with Gasteiger partial charge >= 0.3 is 0 Å². The van der Waals surface area contributed by atoms with Crippen molar-refractivity contribution < 1.29 is 9.47 Å². The Morgan fingerprint density at radius 3 is 2.53 bits per heavy atom. The Morgan fingerprint density at radius 2 is 1.88 bits per heavy atom. The molecular formula is C12H12N2O2S. The average Bonchev–Trinajstić information content (AvgIpc) is 2.38. The average molecular weight is 248 g/mol. The van der Waals surface area contributed by atoms with E-state index in [4.69, 9.17) is 21.7 Å². The molecule has 5 heteroatoms. The summed E-state index contributed by atoms with van der Waals surface area (Å²) in [5, 5.41) is 0. The first kappa shape index (κ1) is 11.6. The number of methoxy groups -OCH3 is 2. The van der Waals surface area contributed by atoms with E-state index in [-0.39, 0.29) is 0 Å². The van der Waals surface area contributed by atoms with Gasteiger partial charge in [-0.2, -0.15) is 0 Å². The van der Waals surface area contributed by atoms with Crippen LogP contribution in [-0.2, 0) is 0 Å². The van der Waals surface area contributed by atoms with Crippen LogP contribution in [0, 0.1) is 4.64 Å². The number of aromatic nitrogens is 2. The van der Waals surface area contributed by atoms with Gasteiger partial charge in [0.1, 0.15) is 4.64 Å². The Kier molecular flexibility index (Phi) is 3.39. The summed E-state index contributed by atoms with van der Waals surface area (Å²) < 4.78 is 11.0. The van der Waals surface area contributed by atoms with Crippen LogP contribution in [0.15, 0.2) is 30.6 Å². The number of hydrogen-bond donors (Lipinski definition) is 1. The van der Waals surface area contributed by atoms with Gasteiger partial charge in [-0.25, -0.2) is 4.98 Å². The van der Waals surface area contributed by atoms with Crippen LogP contribution in [-0.4, -0.2) is 24.2 Å². The fourth-order valence-electron chi connectivity index (χ4n) is 1.54. The van der Waals surface area contributed by atoms with Crippen LogP contribution in [0.25, 0.3) is 11.3 Å². The van der Waals surface area contributed by atoms with Crippen molar-refractivity contribution in [3.63, 3.8) is 0 Å². The maximum Gasteiger partial charge on any atom is 0.161 e. The summed E-state index contributed by atoms with van der Waals surface area (Å²) in [7, 11) is 3.22. The lowest BCUT2D eigenvalue weighted by Gasteiger charge is -2.09. The lowest BCUT2D eigenvalue weighted by atomic mass is 10.1. The van der Waals surface area contributed by atoms with E-state index < -0.39 is 0 Å². The number of ether oxygens (including phenoxy) is 2. The maximum absolute atomic E-state index is 5.25. The Bertz CT molecular complexity index is 581. The number of benzene rings is 1. The van der Waals surface area contributed by atoms with Crippen LogP contribution >= 0.6 is 12.2 Å². The highest BCUT2D eigenvalue weighted by Gasteiger charge is 2.06. The fraction of sp³-hybridized carbons (Fsp3) is 0.167. The van der Waals surface area contributed by atoms with Gasteiger partial charge in [0.15, 0.2) is 11.5 Å². The molecule has 0 spiro atoms. The summed E-state index contributed by atoms with van der Waals surface area (Å²) in [6.07, 6.45) is 1.58. The molecule has 1 aromatic carbocycles. The molecule has 0 fully saturated rings. The van der Waals surface area contributed by atoms with Crippen molar-refractivity contribution in [2.45, 2.75) is 0 Å². The third kappa shape index (κ3) is 2.45. The molecule has 1 N–H and O–H groups in total. The molecule has 1 heterocycles. The second-order valence-corrected chi connectivity index (χ2v) is 3.79. The molecule has 0 radical (unpaired) electrons. The van der Waals surface area contributed by atoms with E-state index in [0.717, 1.165) is 11.3 Å². The van der Waals surface area contributed by atoms with Gasteiger partial charge in [-0.15, -0.1) is 0 Å². The van der Waals surface area contributed by atoms with E-state index in [1.54, 1.807) is 26.6 Å². The Balaban J connectivity index is 2.50. The standard InChI is InChI=1S/C12H12N2O2S/c1-15-10-4-3-8(5-11(10)16-2)9-6-12(17)14-7-13-9/h3-7H,1-2H3,(H,13,14,17). The first-order valence-corrected chi connectivity index (χ1v) is 5.42. The van der Waals surface area contributed by atoms with Crippen molar-refractivity contribution in [2.24, 2.45) is 0 Å². The highest BCUT2D eigenvalue weighted by molar-refractivity contribution is 7.71. The van der Waals surface area contributed by atoms with Crippen molar-refractivity contribution in [1.82, 2.24) is 9.97 Å². The quantitative estimate of drug-likeness (QED) is 0.848. The molecular weight excluding hydrogens is 236 g/mol. The number of H-pyrrole nitrogens is 1.